The Kier molecular flexibility index (Phi) is 4.71. The van der Waals surface area contributed by atoms with Crippen LogP contribution >= 0.6 is 0 Å². The Morgan fingerprint density at radius 2 is 2.14 bits per heavy atom. The fraction of sp³-hybridized carbons (Fsp3) is 0.267. The first kappa shape index (κ1) is 14.8. The number of carboxylic acids is 1. The van der Waals surface area contributed by atoms with Crippen LogP contribution in [0.3, 0.4) is 0 Å². The van der Waals surface area contributed by atoms with Crippen molar-refractivity contribution in [2.24, 2.45) is 0 Å². The number of aromatic nitrogens is 2. The molecule has 0 radical (unpaired) electrons. The molecule has 0 fully saturated rings. The molecule has 1 unspecified atom stereocenters. The summed E-state index contributed by atoms with van der Waals surface area (Å²) >= 11 is 0. The lowest BCUT2D eigenvalue weighted by Crippen LogP contribution is -2.36. The van der Waals surface area contributed by atoms with Gasteiger partial charge in [-0.05, 0) is 18.6 Å². The van der Waals surface area contributed by atoms with Gasteiger partial charge in [-0.15, -0.1) is 0 Å². The second-order valence-electron chi connectivity index (χ2n) is 4.87. The van der Waals surface area contributed by atoms with Gasteiger partial charge in [0, 0.05) is 25.0 Å². The molecule has 0 aliphatic heterocycles. The summed E-state index contributed by atoms with van der Waals surface area (Å²) in [5.74, 6) is -1.22. The summed E-state index contributed by atoms with van der Waals surface area (Å²) in [5, 5.41) is 11.9. The van der Waals surface area contributed by atoms with Crippen LogP contribution in [0, 0.1) is 0 Å². The third-order valence-electron chi connectivity index (χ3n) is 3.05. The molecule has 0 spiro atoms. The fourth-order valence-corrected chi connectivity index (χ4v) is 2.14. The van der Waals surface area contributed by atoms with E-state index in [1.165, 1.54) is 6.07 Å². The second kappa shape index (κ2) is 6.69. The molecule has 21 heavy (non-hydrogen) atoms. The van der Waals surface area contributed by atoms with E-state index >= 15 is 0 Å². The maximum Gasteiger partial charge on any atom is 0.335 e. The Balaban J connectivity index is 1.94. The number of amides is 1. The van der Waals surface area contributed by atoms with E-state index in [-0.39, 0.29) is 23.9 Å². The minimum atomic E-state index is -1.02. The second-order valence-corrected chi connectivity index (χ2v) is 4.87. The van der Waals surface area contributed by atoms with Crippen molar-refractivity contribution >= 4 is 11.9 Å². The lowest BCUT2D eigenvalue weighted by molar-refractivity contribution is -0.121. The maximum atomic E-state index is 12.0. The molecule has 2 aromatic rings. The van der Waals surface area contributed by atoms with Crippen molar-refractivity contribution in [3.05, 3.63) is 54.1 Å². The van der Waals surface area contributed by atoms with Gasteiger partial charge < -0.3 is 15.0 Å². The van der Waals surface area contributed by atoms with Gasteiger partial charge in [-0.25, -0.2) is 9.78 Å². The van der Waals surface area contributed by atoms with E-state index in [0.29, 0.717) is 12.1 Å². The van der Waals surface area contributed by atoms with E-state index in [9.17, 15) is 9.59 Å². The number of nitrogens with one attached hydrogen (secondary N) is 1. The highest BCUT2D eigenvalue weighted by Crippen LogP contribution is 2.09. The molecule has 1 amide bonds. The van der Waals surface area contributed by atoms with Gasteiger partial charge >= 0.3 is 5.97 Å². The molecule has 2 rings (SSSR count). The van der Waals surface area contributed by atoms with Crippen LogP contribution in [0.4, 0.5) is 0 Å². The number of carboxylic acid groups (broad SMARTS) is 1. The third kappa shape index (κ3) is 4.17. The number of rotatable bonds is 6. The molecular weight excluding hydrogens is 270 g/mol. The smallest absolute Gasteiger partial charge is 0.335 e. The van der Waals surface area contributed by atoms with Gasteiger partial charge in [-0.2, -0.15) is 0 Å². The van der Waals surface area contributed by atoms with Crippen LogP contribution in [0.25, 0.3) is 0 Å². The lowest BCUT2D eigenvalue weighted by Gasteiger charge is -2.15. The van der Waals surface area contributed by atoms with E-state index in [2.05, 4.69) is 10.3 Å². The predicted octanol–water partition coefficient (Wildman–Crippen LogP) is 1.33. The number of carbonyl (C=O) groups excluding carboxylic acids is 1. The number of hydrogen-bond donors (Lipinski definition) is 2. The largest absolute Gasteiger partial charge is 0.478 e. The number of carbonyl (C=O) groups is 2. The molecule has 0 aliphatic carbocycles. The Morgan fingerprint density at radius 1 is 1.38 bits per heavy atom. The highest BCUT2D eigenvalue weighted by molar-refractivity contribution is 5.91. The summed E-state index contributed by atoms with van der Waals surface area (Å²) < 4.78 is 1.87. The number of aromatic carboxylic acids is 1. The van der Waals surface area contributed by atoms with E-state index in [4.69, 9.17) is 5.11 Å². The zero-order valence-electron chi connectivity index (χ0n) is 11.7. The van der Waals surface area contributed by atoms with Gasteiger partial charge in [0.2, 0.25) is 5.91 Å². The van der Waals surface area contributed by atoms with Gasteiger partial charge in [0.15, 0.2) is 0 Å². The van der Waals surface area contributed by atoms with Crippen molar-refractivity contribution in [2.45, 2.75) is 25.9 Å². The van der Waals surface area contributed by atoms with Crippen LogP contribution in [0.5, 0.6) is 0 Å². The van der Waals surface area contributed by atoms with E-state index in [0.717, 1.165) is 0 Å². The summed E-state index contributed by atoms with van der Waals surface area (Å²) in [7, 11) is 0. The van der Waals surface area contributed by atoms with Gasteiger partial charge in [0.25, 0.3) is 0 Å². The van der Waals surface area contributed by atoms with Gasteiger partial charge in [0.1, 0.15) is 0 Å². The van der Waals surface area contributed by atoms with E-state index < -0.39 is 5.97 Å². The molecule has 1 heterocycles. The van der Waals surface area contributed by atoms with Crippen molar-refractivity contribution in [1.29, 1.82) is 0 Å². The summed E-state index contributed by atoms with van der Waals surface area (Å²) in [4.78, 5) is 27.0. The van der Waals surface area contributed by atoms with Crippen molar-refractivity contribution in [1.82, 2.24) is 14.9 Å². The fourth-order valence-electron chi connectivity index (χ4n) is 2.14. The Bertz CT molecular complexity index is 623. The highest BCUT2D eigenvalue weighted by Gasteiger charge is 2.14. The summed E-state index contributed by atoms with van der Waals surface area (Å²) in [5.41, 5.74) is 0.673. The normalized spacial score (nSPS) is 11.9. The molecule has 1 aromatic carbocycles. The molecule has 0 bridgehead atoms. The Morgan fingerprint density at radius 3 is 2.81 bits per heavy atom. The van der Waals surface area contributed by atoms with Crippen molar-refractivity contribution < 1.29 is 14.7 Å². The van der Waals surface area contributed by atoms with E-state index in [1.807, 2.05) is 17.7 Å². The molecule has 1 aromatic heterocycles. The molecular formula is C15H17N3O3. The number of benzene rings is 1. The number of imidazole rings is 1. The molecule has 1 atom stereocenters. The van der Waals surface area contributed by atoms with Crippen molar-refractivity contribution in [3.63, 3.8) is 0 Å². The van der Waals surface area contributed by atoms with Gasteiger partial charge in [-0.3, -0.25) is 4.79 Å². The average molecular weight is 287 g/mol. The first-order chi connectivity index (χ1) is 10.1. The Hall–Kier alpha value is -2.63. The maximum absolute atomic E-state index is 12.0. The molecule has 0 saturated heterocycles. The van der Waals surface area contributed by atoms with Crippen LogP contribution in [-0.4, -0.2) is 32.6 Å². The standard InChI is InChI=1S/C15H17N3O3/c1-11(9-18-7-6-16-10-18)17-14(19)8-12-4-2-3-5-13(12)15(20)21/h2-7,10-11H,8-9H2,1H3,(H,17,19)(H,20,21). The molecule has 2 N–H and O–H groups in total. The minimum absolute atomic E-state index is 0.0523. The quantitative estimate of drug-likeness (QED) is 0.839. The molecule has 110 valence electrons. The number of nitrogens with zero attached hydrogens (tertiary/aromatic N) is 2. The summed E-state index contributed by atoms with van der Waals surface area (Å²) in [6.45, 7) is 2.51. The SMILES string of the molecule is CC(Cn1ccnc1)NC(=O)Cc1ccccc1C(=O)O. The van der Waals surface area contributed by atoms with Crippen molar-refractivity contribution in [2.75, 3.05) is 0 Å². The number of hydrogen-bond acceptors (Lipinski definition) is 3. The highest BCUT2D eigenvalue weighted by atomic mass is 16.4. The zero-order chi connectivity index (χ0) is 15.2. The molecule has 6 nitrogen and oxygen atoms in total. The third-order valence-corrected chi connectivity index (χ3v) is 3.05. The van der Waals surface area contributed by atoms with E-state index in [1.54, 1.807) is 30.7 Å². The molecule has 0 aliphatic rings. The zero-order valence-corrected chi connectivity index (χ0v) is 11.7. The summed E-state index contributed by atoms with van der Waals surface area (Å²) in [6, 6.07) is 6.46. The first-order valence-electron chi connectivity index (χ1n) is 6.62. The predicted molar refractivity (Wildman–Crippen MR) is 76.9 cm³/mol. The molecule has 0 saturated carbocycles. The average Bonchev–Trinajstić information content (AvgIpc) is 2.91. The summed E-state index contributed by atoms with van der Waals surface area (Å²) in [6.07, 6.45) is 5.24. The van der Waals surface area contributed by atoms with Crippen LogP contribution in [0.15, 0.2) is 43.0 Å². The Labute approximate surface area is 122 Å². The molecule has 6 heteroatoms. The first-order valence-corrected chi connectivity index (χ1v) is 6.62. The van der Waals surface area contributed by atoms with Gasteiger partial charge in [0.05, 0.1) is 18.3 Å². The topological polar surface area (TPSA) is 84.2 Å². The van der Waals surface area contributed by atoms with Crippen LogP contribution in [0.2, 0.25) is 0 Å². The minimum Gasteiger partial charge on any atom is -0.478 e. The van der Waals surface area contributed by atoms with Gasteiger partial charge in [-0.1, -0.05) is 18.2 Å². The van der Waals surface area contributed by atoms with Crippen molar-refractivity contribution in [3.8, 4) is 0 Å². The van der Waals surface area contributed by atoms with Crippen LogP contribution < -0.4 is 5.32 Å². The lowest BCUT2D eigenvalue weighted by atomic mass is 10.0. The van der Waals surface area contributed by atoms with Crippen LogP contribution in [-0.2, 0) is 17.8 Å². The van der Waals surface area contributed by atoms with Crippen LogP contribution in [0.1, 0.15) is 22.8 Å². The monoisotopic (exact) mass is 287 g/mol.